The van der Waals surface area contributed by atoms with Gasteiger partial charge in [0.25, 0.3) is 0 Å². The van der Waals surface area contributed by atoms with E-state index in [1.807, 2.05) is 0 Å². The second kappa shape index (κ2) is 4.26. The van der Waals surface area contributed by atoms with Gasteiger partial charge >= 0.3 is 0 Å². The van der Waals surface area contributed by atoms with Crippen LogP contribution in [0.2, 0.25) is 0 Å². The number of halogens is 1. The third-order valence-electron chi connectivity index (χ3n) is 1.81. The predicted octanol–water partition coefficient (Wildman–Crippen LogP) is 0.697. The molecule has 0 bridgehead atoms. The average Bonchev–Trinajstić information content (AvgIpc) is 2.82. The molecule has 0 aliphatic heterocycles. The molecule has 0 radical (unpaired) electrons. The Morgan fingerprint density at radius 2 is 2.07 bits per heavy atom. The van der Waals surface area contributed by atoms with Gasteiger partial charge in [0, 0.05) is 4.90 Å². The van der Waals surface area contributed by atoms with Crippen molar-refractivity contribution in [1.82, 2.24) is 20.2 Å². The van der Waals surface area contributed by atoms with Crippen molar-refractivity contribution in [3.05, 3.63) is 30.6 Å². The van der Waals surface area contributed by atoms with Crippen molar-refractivity contribution in [1.29, 1.82) is 0 Å². The zero-order valence-electron chi connectivity index (χ0n) is 7.58. The average molecular weight is 226 g/mol. The van der Waals surface area contributed by atoms with Gasteiger partial charge in [0.05, 0.1) is 16.5 Å². The molecule has 0 saturated heterocycles. The van der Waals surface area contributed by atoms with E-state index in [1.165, 1.54) is 11.0 Å². The van der Waals surface area contributed by atoms with Gasteiger partial charge in [-0.15, -0.1) is 5.10 Å². The van der Waals surface area contributed by atoms with Crippen molar-refractivity contribution in [3.63, 3.8) is 0 Å². The van der Waals surface area contributed by atoms with Crippen LogP contribution < -0.4 is 0 Å². The highest BCUT2D eigenvalue weighted by atomic mass is 32.2. The van der Waals surface area contributed by atoms with Crippen molar-refractivity contribution in [2.24, 2.45) is 0 Å². The number of benzene rings is 1. The molecule has 0 aliphatic carbocycles. The third-order valence-corrected chi connectivity index (χ3v) is 2.81. The standard InChI is InChI=1S/C8H7FN4OS/c9-5-15(14)8-3-1-7(2-4-8)13-6-10-11-12-13/h1-4,6H,5H2. The van der Waals surface area contributed by atoms with Crippen molar-refractivity contribution in [2.45, 2.75) is 4.90 Å². The van der Waals surface area contributed by atoms with Crippen molar-refractivity contribution in [2.75, 3.05) is 6.01 Å². The van der Waals surface area contributed by atoms with Crippen molar-refractivity contribution in [3.8, 4) is 5.69 Å². The lowest BCUT2D eigenvalue weighted by Gasteiger charge is -2.00. The van der Waals surface area contributed by atoms with E-state index in [4.69, 9.17) is 0 Å². The minimum atomic E-state index is -1.57. The molecule has 1 heterocycles. The van der Waals surface area contributed by atoms with Gasteiger partial charge < -0.3 is 0 Å². The minimum absolute atomic E-state index is 0.453. The number of nitrogens with zero attached hydrogens (tertiary/aromatic N) is 4. The maximum Gasteiger partial charge on any atom is 0.169 e. The van der Waals surface area contributed by atoms with E-state index >= 15 is 0 Å². The molecule has 1 aromatic heterocycles. The Balaban J connectivity index is 2.29. The highest BCUT2D eigenvalue weighted by Crippen LogP contribution is 2.11. The first kappa shape index (κ1) is 9.91. The molecule has 0 N–H and O–H groups in total. The van der Waals surface area contributed by atoms with E-state index in [2.05, 4.69) is 15.5 Å². The van der Waals surface area contributed by atoms with E-state index in [1.54, 1.807) is 24.3 Å². The van der Waals surface area contributed by atoms with Crippen LogP contribution in [0.3, 0.4) is 0 Å². The second-order valence-corrected chi connectivity index (χ2v) is 4.08. The van der Waals surface area contributed by atoms with Crippen LogP contribution in [0.25, 0.3) is 5.69 Å². The predicted molar refractivity (Wildman–Crippen MR) is 51.5 cm³/mol. The van der Waals surface area contributed by atoms with E-state index in [9.17, 15) is 8.60 Å². The molecule has 2 aromatic rings. The third kappa shape index (κ3) is 2.07. The fourth-order valence-electron chi connectivity index (χ4n) is 1.09. The lowest BCUT2D eigenvalue weighted by molar-refractivity contribution is 0.580. The Kier molecular flexibility index (Phi) is 2.82. The molecule has 78 valence electrons. The Hall–Kier alpha value is -1.63. The minimum Gasteiger partial charge on any atom is -0.252 e. The van der Waals surface area contributed by atoms with Gasteiger partial charge in [-0.3, -0.25) is 4.21 Å². The zero-order valence-corrected chi connectivity index (χ0v) is 8.39. The monoisotopic (exact) mass is 226 g/mol. The van der Waals surface area contributed by atoms with Gasteiger partial charge in [0.1, 0.15) is 6.33 Å². The largest absolute Gasteiger partial charge is 0.252 e. The van der Waals surface area contributed by atoms with Crippen LogP contribution in [0.1, 0.15) is 0 Å². The lowest BCUT2D eigenvalue weighted by Crippen LogP contribution is -1.97. The molecular formula is C8H7FN4OS. The molecule has 5 nitrogen and oxygen atoms in total. The molecule has 0 amide bonds. The maximum absolute atomic E-state index is 12.1. The first-order valence-electron chi connectivity index (χ1n) is 4.09. The summed E-state index contributed by atoms with van der Waals surface area (Å²) in [4.78, 5) is 0.453. The molecule has 7 heteroatoms. The summed E-state index contributed by atoms with van der Waals surface area (Å²) >= 11 is 0. The van der Waals surface area contributed by atoms with Crippen LogP contribution in [0.5, 0.6) is 0 Å². The molecule has 0 fully saturated rings. The van der Waals surface area contributed by atoms with Gasteiger partial charge in [-0.2, -0.15) is 0 Å². The summed E-state index contributed by atoms with van der Waals surface area (Å²) in [5.41, 5.74) is 0.736. The van der Waals surface area contributed by atoms with Crippen LogP contribution in [0, 0.1) is 0 Å². The Morgan fingerprint density at radius 1 is 1.33 bits per heavy atom. The van der Waals surface area contributed by atoms with Crippen molar-refractivity contribution < 1.29 is 8.60 Å². The molecular weight excluding hydrogens is 219 g/mol. The summed E-state index contributed by atoms with van der Waals surface area (Å²) in [6.07, 6.45) is 1.45. The molecule has 0 spiro atoms. The molecule has 1 unspecified atom stereocenters. The summed E-state index contributed by atoms with van der Waals surface area (Å²) < 4.78 is 24.7. The first-order valence-corrected chi connectivity index (χ1v) is 5.41. The summed E-state index contributed by atoms with van der Waals surface area (Å²) in [6, 6.07) is 5.67. The fraction of sp³-hybridized carbons (Fsp3) is 0.125. The summed E-state index contributed by atoms with van der Waals surface area (Å²) in [5, 5.41) is 10.7. The Morgan fingerprint density at radius 3 is 2.60 bits per heavy atom. The number of tetrazole rings is 1. The fourth-order valence-corrected chi connectivity index (χ4v) is 1.66. The molecule has 15 heavy (non-hydrogen) atoms. The number of hydrogen-bond acceptors (Lipinski definition) is 4. The van der Waals surface area contributed by atoms with Gasteiger partial charge in [-0.25, -0.2) is 9.07 Å². The van der Waals surface area contributed by atoms with E-state index < -0.39 is 16.8 Å². The Bertz CT molecular complexity index is 456. The van der Waals surface area contributed by atoms with Gasteiger partial charge in [-0.05, 0) is 34.7 Å². The number of alkyl halides is 1. The molecule has 0 aliphatic rings. The van der Waals surface area contributed by atoms with Gasteiger partial charge in [0.2, 0.25) is 0 Å². The second-order valence-electron chi connectivity index (χ2n) is 2.70. The van der Waals surface area contributed by atoms with Crippen molar-refractivity contribution >= 4 is 10.8 Å². The Labute approximate surface area is 87.4 Å². The number of aromatic nitrogens is 4. The summed E-state index contributed by atoms with van der Waals surface area (Å²) in [7, 11) is -1.57. The first-order chi connectivity index (χ1) is 7.31. The molecule has 1 atom stereocenters. The van der Waals surface area contributed by atoms with Crippen LogP contribution in [-0.2, 0) is 10.8 Å². The van der Waals surface area contributed by atoms with Crippen LogP contribution >= 0.6 is 0 Å². The number of hydrogen-bond donors (Lipinski definition) is 0. The van der Waals surface area contributed by atoms with E-state index in [-0.39, 0.29) is 0 Å². The molecule has 2 rings (SSSR count). The van der Waals surface area contributed by atoms with Crippen LogP contribution in [0.4, 0.5) is 4.39 Å². The topological polar surface area (TPSA) is 60.7 Å². The maximum atomic E-state index is 12.1. The van der Waals surface area contributed by atoms with Crippen LogP contribution in [0.15, 0.2) is 35.5 Å². The van der Waals surface area contributed by atoms with E-state index in [0.717, 1.165) is 5.69 Å². The summed E-state index contributed by atoms with van der Waals surface area (Å²) in [6.45, 7) is 0. The SMILES string of the molecule is O=S(CF)c1ccc(-n2cnnn2)cc1. The molecule has 0 saturated carbocycles. The molecule has 1 aromatic carbocycles. The highest BCUT2D eigenvalue weighted by molar-refractivity contribution is 7.84. The quantitative estimate of drug-likeness (QED) is 0.772. The van der Waals surface area contributed by atoms with Gasteiger partial charge in [-0.1, -0.05) is 0 Å². The van der Waals surface area contributed by atoms with Gasteiger partial charge in [0.15, 0.2) is 6.01 Å². The summed E-state index contributed by atoms with van der Waals surface area (Å²) in [5.74, 6) is 0. The van der Waals surface area contributed by atoms with E-state index in [0.29, 0.717) is 4.90 Å². The normalized spacial score (nSPS) is 12.6. The zero-order chi connectivity index (χ0) is 10.7. The highest BCUT2D eigenvalue weighted by Gasteiger charge is 2.03. The lowest BCUT2D eigenvalue weighted by atomic mass is 10.3. The number of rotatable bonds is 3. The van der Waals surface area contributed by atoms with Crippen LogP contribution in [-0.4, -0.2) is 30.4 Å². The smallest absolute Gasteiger partial charge is 0.169 e.